The molecule has 2 rings (SSSR count). The van der Waals surface area contributed by atoms with Crippen molar-refractivity contribution in [3.63, 3.8) is 0 Å². The minimum absolute atomic E-state index is 0.103. The summed E-state index contributed by atoms with van der Waals surface area (Å²) in [6.07, 6.45) is 1.72. The molecule has 0 fully saturated rings. The highest BCUT2D eigenvalue weighted by Crippen LogP contribution is 2.21. The minimum Gasteiger partial charge on any atom is -0.344 e. The Labute approximate surface area is 121 Å². The molecule has 19 heavy (non-hydrogen) atoms. The van der Waals surface area contributed by atoms with Crippen LogP contribution >= 0.6 is 15.9 Å². The fraction of sp³-hybridized carbons (Fsp3) is 0.200. The quantitative estimate of drug-likeness (QED) is 0.938. The molecule has 0 saturated carbocycles. The van der Waals surface area contributed by atoms with Gasteiger partial charge in [0.15, 0.2) is 0 Å². The lowest BCUT2D eigenvalue weighted by atomic mass is 10.1. The van der Waals surface area contributed by atoms with Crippen LogP contribution in [-0.2, 0) is 0 Å². The van der Waals surface area contributed by atoms with E-state index < -0.39 is 0 Å². The molecule has 1 aromatic heterocycles. The van der Waals surface area contributed by atoms with Gasteiger partial charge in [0, 0.05) is 10.7 Å². The first-order chi connectivity index (χ1) is 9.09. The Morgan fingerprint density at radius 1 is 1.26 bits per heavy atom. The Hall–Kier alpha value is -1.68. The van der Waals surface area contributed by atoms with Crippen molar-refractivity contribution in [2.45, 2.75) is 19.9 Å². The Morgan fingerprint density at radius 2 is 2.05 bits per heavy atom. The third-order valence-corrected chi connectivity index (χ3v) is 3.97. The number of carbonyl (C=O) groups is 1. The van der Waals surface area contributed by atoms with Gasteiger partial charge in [0.2, 0.25) is 0 Å². The van der Waals surface area contributed by atoms with E-state index in [4.69, 9.17) is 0 Å². The van der Waals surface area contributed by atoms with Crippen LogP contribution in [0.1, 0.15) is 34.6 Å². The van der Waals surface area contributed by atoms with E-state index in [0.717, 1.165) is 15.7 Å². The highest BCUT2D eigenvalue weighted by atomic mass is 79.9. The van der Waals surface area contributed by atoms with Crippen LogP contribution in [0.5, 0.6) is 0 Å². The van der Waals surface area contributed by atoms with Gasteiger partial charge in [0.25, 0.3) is 5.91 Å². The topological polar surface area (TPSA) is 42.0 Å². The van der Waals surface area contributed by atoms with Gasteiger partial charge < -0.3 is 5.32 Å². The normalized spacial score (nSPS) is 11.9. The molecule has 0 radical (unpaired) electrons. The standard InChI is InChI=1S/C15H15BrN2O/c1-10-6-5-7-12(14(10)16)15(19)18-11(2)13-8-3-4-9-17-13/h3-9,11H,1-2H3,(H,18,19). The van der Waals surface area contributed by atoms with Crippen LogP contribution in [0.15, 0.2) is 47.1 Å². The molecule has 2 aromatic rings. The number of amides is 1. The number of benzene rings is 1. The molecule has 0 aliphatic rings. The third kappa shape index (κ3) is 3.20. The Bertz CT molecular complexity index is 584. The number of aryl methyl sites for hydroxylation is 1. The van der Waals surface area contributed by atoms with E-state index in [9.17, 15) is 4.79 Å². The van der Waals surface area contributed by atoms with E-state index in [-0.39, 0.29) is 11.9 Å². The number of aromatic nitrogens is 1. The molecule has 98 valence electrons. The summed E-state index contributed by atoms with van der Waals surface area (Å²) in [5.41, 5.74) is 2.53. The van der Waals surface area contributed by atoms with Gasteiger partial charge in [-0.25, -0.2) is 0 Å². The minimum atomic E-state index is -0.124. The number of rotatable bonds is 3. The van der Waals surface area contributed by atoms with Crippen LogP contribution < -0.4 is 5.32 Å². The van der Waals surface area contributed by atoms with Crippen molar-refractivity contribution >= 4 is 21.8 Å². The van der Waals surface area contributed by atoms with Gasteiger partial charge in [-0.05, 0) is 53.5 Å². The van der Waals surface area contributed by atoms with Crippen molar-refractivity contribution in [3.8, 4) is 0 Å². The largest absolute Gasteiger partial charge is 0.344 e. The van der Waals surface area contributed by atoms with Crippen LogP contribution in [0.2, 0.25) is 0 Å². The van der Waals surface area contributed by atoms with Gasteiger partial charge >= 0.3 is 0 Å². The molecule has 0 aliphatic heterocycles. The molecule has 0 bridgehead atoms. The second-order valence-electron chi connectivity index (χ2n) is 4.39. The maximum atomic E-state index is 12.2. The highest BCUT2D eigenvalue weighted by Gasteiger charge is 2.15. The van der Waals surface area contributed by atoms with E-state index in [1.54, 1.807) is 12.3 Å². The molecule has 0 aliphatic carbocycles. The predicted octanol–water partition coefficient (Wildman–Crippen LogP) is 3.64. The summed E-state index contributed by atoms with van der Waals surface area (Å²) in [5, 5.41) is 2.95. The average molecular weight is 319 g/mol. The monoisotopic (exact) mass is 318 g/mol. The van der Waals surface area contributed by atoms with E-state index in [0.29, 0.717) is 5.56 Å². The summed E-state index contributed by atoms with van der Waals surface area (Å²) >= 11 is 3.45. The molecule has 1 amide bonds. The van der Waals surface area contributed by atoms with E-state index in [1.807, 2.05) is 44.2 Å². The van der Waals surface area contributed by atoms with Crippen molar-refractivity contribution in [1.82, 2.24) is 10.3 Å². The van der Waals surface area contributed by atoms with Crippen LogP contribution in [0, 0.1) is 6.92 Å². The zero-order valence-electron chi connectivity index (χ0n) is 10.9. The fourth-order valence-corrected chi connectivity index (χ4v) is 2.25. The molecular weight excluding hydrogens is 304 g/mol. The molecule has 1 heterocycles. The van der Waals surface area contributed by atoms with Crippen molar-refractivity contribution in [3.05, 3.63) is 63.9 Å². The SMILES string of the molecule is Cc1cccc(C(=O)NC(C)c2ccccn2)c1Br. The lowest BCUT2D eigenvalue weighted by Gasteiger charge is -2.14. The smallest absolute Gasteiger partial charge is 0.252 e. The highest BCUT2D eigenvalue weighted by molar-refractivity contribution is 9.10. The summed E-state index contributed by atoms with van der Waals surface area (Å²) in [5.74, 6) is -0.103. The van der Waals surface area contributed by atoms with Crippen molar-refractivity contribution in [1.29, 1.82) is 0 Å². The summed E-state index contributed by atoms with van der Waals surface area (Å²) in [6, 6.07) is 11.2. The fourth-order valence-electron chi connectivity index (χ4n) is 1.80. The summed E-state index contributed by atoms with van der Waals surface area (Å²) in [7, 11) is 0. The maximum absolute atomic E-state index is 12.2. The van der Waals surface area contributed by atoms with Gasteiger partial charge in [-0.3, -0.25) is 9.78 Å². The number of hydrogen-bond donors (Lipinski definition) is 1. The first-order valence-corrected chi connectivity index (χ1v) is 6.86. The number of hydrogen-bond acceptors (Lipinski definition) is 2. The van der Waals surface area contributed by atoms with Gasteiger partial charge in [0.1, 0.15) is 0 Å². The van der Waals surface area contributed by atoms with E-state index in [1.165, 1.54) is 0 Å². The molecule has 0 spiro atoms. The zero-order valence-corrected chi connectivity index (χ0v) is 12.4. The van der Waals surface area contributed by atoms with Gasteiger partial charge in [0.05, 0.1) is 17.3 Å². The van der Waals surface area contributed by atoms with Crippen molar-refractivity contribution in [2.75, 3.05) is 0 Å². The first kappa shape index (κ1) is 13.7. The average Bonchev–Trinajstić information content (AvgIpc) is 2.42. The maximum Gasteiger partial charge on any atom is 0.252 e. The molecule has 1 unspecified atom stereocenters. The molecule has 0 saturated heterocycles. The van der Waals surface area contributed by atoms with Crippen molar-refractivity contribution < 1.29 is 4.79 Å². The Kier molecular flexibility index (Phi) is 4.32. The third-order valence-electron chi connectivity index (χ3n) is 2.92. The Morgan fingerprint density at radius 3 is 2.74 bits per heavy atom. The van der Waals surface area contributed by atoms with Gasteiger partial charge in [-0.1, -0.05) is 18.2 Å². The van der Waals surface area contributed by atoms with E-state index in [2.05, 4.69) is 26.2 Å². The lowest BCUT2D eigenvalue weighted by molar-refractivity contribution is 0.0938. The summed E-state index contributed by atoms with van der Waals surface area (Å²) < 4.78 is 0.834. The van der Waals surface area contributed by atoms with Crippen molar-refractivity contribution in [2.24, 2.45) is 0 Å². The molecule has 1 atom stereocenters. The first-order valence-electron chi connectivity index (χ1n) is 6.06. The molecular formula is C15H15BrN2O. The second kappa shape index (κ2) is 5.97. The van der Waals surface area contributed by atoms with Gasteiger partial charge in [-0.2, -0.15) is 0 Å². The molecule has 4 heteroatoms. The zero-order chi connectivity index (χ0) is 13.8. The van der Waals surface area contributed by atoms with Crippen LogP contribution in [0.3, 0.4) is 0 Å². The summed E-state index contributed by atoms with van der Waals surface area (Å²) in [4.78, 5) is 16.5. The number of nitrogens with zero attached hydrogens (tertiary/aromatic N) is 1. The van der Waals surface area contributed by atoms with Gasteiger partial charge in [-0.15, -0.1) is 0 Å². The number of halogens is 1. The lowest BCUT2D eigenvalue weighted by Crippen LogP contribution is -2.27. The van der Waals surface area contributed by atoms with Crippen LogP contribution in [-0.4, -0.2) is 10.9 Å². The predicted molar refractivity (Wildman–Crippen MR) is 79.0 cm³/mol. The van der Waals surface area contributed by atoms with Crippen LogP contribution in [0.4, 0.5) is 0 Å². The van der Waals surface area contributed by atoms with Crippen LogP contribution in [0.25, 0.3) is 0 Å². The number of carbonyl (C=O) groups excluding carboxylic acids is 1. The Balaban J connectivity index is 2.16. The number of pyridine rings is 1. The molecule has 1 N–H and O–H groups in total. The number of nitrogens with one attached hydrogen (secondary N) is 1. The van der Waals surface area contributed by atoms with E-state index >= 15 is 0 Å². The second-order valence-corrected chi connectivity index (χ2v) is 5.18. The molecule has 3 nitrogen and oxygen atoms in total. The molecule has 1 aromatic carbocycles. The summed E-state index contributed by atoms with van der Waals surface area (Å²) in [6.45, 7) is 3.88.